The van der Waals surface area contributed by atoms with Gasteiger partial charge < -0.3 is 23.7 Å². The Kier molecular flexibility index (Phi) is 6.40. The van der Waals surface area contributed by atoms with E-state index >= 15 is 0 Å². The summed E-state index contributed by atoms with van der Waals surface area (Å²) in [5, 5.41) is 0. The number of furan rings is 1. The summed E-state index contributed by atoms with van der Waals surface area (Å²) in [6.07, 6.45) is 0.519. The van der Waals surface area contributed by atoms with E-state index in [1.807, 2.05) is 29.2 Å². The average Bonchev–Trinajstić information content (AvgIpc) is 3.27. The van der Waals surface area contributed by atoms with Gasteiger partial charge in [-0.15, -0.1) is 0 Å². The standard InChI is InChI=1S/C26H30N2O4/c1-18-6-5-7-21(14-18)28-13-12-27(17-19(28)2)26(29)25-11-9-23(32-25)16-20-15-22(30-3)8-10-24(20)31-4/h5-11,14-15,19H,12-13,16-17H2,1-4H3. The number of anilines is 1. The van der Waals surface area contributed by atoms with Crippen molar-refractivity contribution in [1.82, 2.24) is 4.90 Å². The predicted molar refractivity (Wildman–Crippen MR) is 125 cm³/mol. The highest BCUT2D eigenvalue weighted by atomic mass is 16.5. The van der Waals surface area contributed by atoms with Gasteiger partial charge in [0.25, 0.3) is 5.91 Å². The van der Waals surface area contributed by atoms with Gasteiger partial charge in [0.2, 0.25) is 0 Å². The van der Waals surface area contributed by atoms with Crippen LogP contribution in [-0.4, -0.2) is 50.7 Å². The molecular formula is C26H30N2O4. The van der Waals surface area contributed by atoms with Crippen LogP contribution in [0.25, 0.3) is 0 Å². The van der Waals surface area contributed by atoms with Gasteiger partial charge in [0.05, 0.1) is 14.2 Å². The molecule has 2 aromatic carbocycles. The second kappa shape index (κ2) is 9.39. The van der Waals surface area contributed by atoms with Crippen LogP contribution in [0.4, 0.5) is 5.69 Å². The molecule has 0 aliphatic carbocycles. The van der Waals surface area contributed by atoms with Gasteiger partial charge >= 0.3 is 0 Å². The summed E-state index contributed by atoms with van der Waals surface area (Å²) in [5.74, 6) is 2.54. The summed E-state index contributed by atoms with van der Waals surface area (Å²) in [6.45, 7) is 6.38. The number of amides is 1. The van der Waals surface area contributed by atoms with Crippen LogP contribution < -0.4 is 14.4 Å². The number of ether oxygens (including phenoxy) is 2. The smallest absolute Gasteiger partial charge is 0.289 e. The summed E-state index contributed by atoms with van der Waals surface area (Å²) in [7, 11) is 3.27. The van der Waals surface area contributed by atoms with E-state index in [9.17, 15) is 4.79 Å². The fourth-order valence-electron chi connectivity index (χ4n) is 4.28. The number of benzene rings is 2. The summed E-state index contributed by atoms with van der Waals surface area (Å²) in [4.78, 5) is 17.3. The predicted octanol–water partition coefficient (Wildman–Crippen LogP) is 4.55. The SMILES string of the molecule is COc1ccc(OC)c(Cc2ccc(C(=O)N3CCN(c4cccc(C)c4)C(C)C3)o2)c1. The zero-order valence-electron chi connectivity index (χ0n) is 19.1. The first kappa shape index (κ1) is 21.8. The van der Waals surface area contributed by atoms with E-state index < -0.39 is 0 Å². The van der Waals surface area contributed by atoms with Gasteiger partial charge in [-0.05, 0) is 61.9 Å². The number of carbonyl (C=O) groups is 1. The van der Waals surface area contributed by atoms with Gasteiger partial charge in [-0.1, -0.05) is 12.1 Å². The first-order valence-electron chi connectivity index (χ1n) is 10.9. The van der Waals surface area contributed by atoms with Crippen LogP contribution in [0, 0.1) is 6.92 Å². The second-order valence-corrected chi connectivity index (χ2v) is 8.25. The zero-order chi connectivity index (χ0) is 22.7. The molecule has 6 nitrogen and oxygen atoms in total. The molecule has 6 heteroatoms. The molecule has 1 unspecified atom stereocenters. The minimum Gasteiger partial charge on any atom is -0.497 e. The Morgan fingerprint density at radius 1 is 1.06 bits per heavy atom. The first-order chi connectivity index (χ1) is 15.5. The summed E-state index contributed by atoms with van der Waals surface area (Å²) in [6, 6.07) is 18.0. The number of hydrogen-bond donors (Lipinski definition) is 0. The third-order valence-corrected chi connectivity index (χ3v) is 5.97. The van der Waals surface area contributed by atoms with E-state index in [0.717, 1.165) is 23.6 Å². The molecule has 0 spiro atoms. The molecule has 1 aromatic heterocycles. The highest BCUT2D eigenvalue weighted by molar-refractivity contribution is 5.91. The minimum absolute atomic E-state index is 0.0652. The largest absolute Gasteiger partial charge is 0.497 e. The molecular weight excluding hydrogens is 404 g/mol. The van der Waals surface area contributed by atoms with Gasteiger partial charge in [-0.2, -0.15) is 0 Å². The van der Waals surface area contributed by atoms with Crippen molar-refractivity contribution in [2.45, 2.75) is 26.3 Å². The molecule has 32 heavy (non-hydrogen) atoms. The lowest BCUT2D eigenvalue weighted by atomic mass is 10.1. The molecule has 1 atom stereocenters. The van der Waals surface area contributed by atoms with E-state index in [2.05, 4.69) is 43.0 Å². The van der Waals surface area contributed by atoms with Crippen molar-refractivity contribution < 1.29 is 18.7 Å². The van der Waals surface area contributed by atoms with Crippen molar-refractivity contribution in [3.8, 4) is 11.5 Å². The topological polar surface area (TPSA) is 55.2 Å². The van der Waals surface area contributed by atoms with E-state index in [1.54, 1.807) is 20.3 Å². The normalized spacial score (nSPS) is 16.2. The van der Waals surface area contributed by atoms with Crippen molar-refractivity contribution in [2.75, 3.05) is 38.8 Å². The number of hydrogen-bond acceptors (Lipinski definition) is 5. The lowest BCUT2D eigenvalue weighted by Crippen LogP contribution is -2.53. The number of piperazine rings is 1. The van der Waals surface area contributed by atoms with Gasteiger partial charge in [0.15, 0.2) is 5.76 Å². The Morgan fingerprint density at radius 2 is 1.91 bits per heavy atom. The molecule has 0 radical (unpaired) electrons. The van der Waals surface area contributed by atoms with Crippen molar-refractivity contribution in [3.05, 3.63) is 77.2 Å². The van der Waals surface area contributed by atoms with Crippen molar-refractivity contribution in [3.63, 3.8) is 0 Å². The van der Waals surface area contributed by atoms with Crippen LogP contribution in [0.3, 0.4) is 0 Å². The maximum Gasteiger partial charge on any atom is 0.289 e. The Bertz CT molecular complexity index is 1090. The summed E-state index contributed by atoms with van der Waals surface area (Å²) < 4.78 is 16.7. The number of rotatable bonds is 6. The zero-order valence-corrected chi connectivity index (χ0v) is 19.1. The molecule has 2 heterocycles. The molecule has 0 N–H and O–H groups in total. The van der Waals surface area contributed by atoms with Gasteiger partial charge in [-0.25, -0.2) is 0 Å². The van der Waals surface area contributed by atoms with Crippen LogP contribution in [0.15, 0.2) is 59.0 Å². The maximum absolute atomic E-state index is 13.1. The van der Waals surface area contributed by atoms with Crippen LogP contribution in [0.2, 0.25) is 0 Å². The lowest BCUT2D eigenvalue weighted by molar-refractivity contribution is 0.0692. The Balaban J connectivity index is 1.43. The fraction of sp³-hybridized carbons (Fsp3) is 0.346. The second-order valence-electron chi connectivity index (χ2n) is 8.25. The summed E-state index contributed by atoms with van der Waals surface area (Å²) in [5.41, 5.74) is 3.39. The Hall–Kier alpha value is -3.41. The highest BCUT2D eigenvalue weighted by Gasteiger charge is 2.29. The van der Waals surface area contributed by atoms with Gasteiger partial charge in [0, 0.05) is 43.3 Å². The molecule has 1 amide bonds. The van der Waals surface area contributed by atoms with Crippen LogP contribution in [0.1, 0.15) is 34.4 Å². The molecule has 4 rings (SSSR count). The number of methoxy groups -OCH3 is 2. The van der Waals surface area contributed by atoms with E-state index in [4.69, 9.17) is 13.9 Å². The molecule has 3 aromatic rings. The Labute approximate surface area is 189 Å². The molecule has 168 valence electrons. The monoisotopic (exact) mass is 434 g/mol. The van der Waals surface area contributed by atoms with Crippen LogP contribution >= 0.6 is 0 Å². The van der Waals surface area contributed by atoms with Crippen LogP contribution in [0.5, 0.6) is 11.5 Å². The highest BCUT2D eigenvalue weighted by Crippen LogP contribution is 2.28. The Morgan fingerprint density at radius 3 is 2.62 bits per heavy atom. The molecule has 1 aliphatic rings. The third kappa shape index (κ3) is 4.59. The van der Waals surface area contributed by atoms with Gasteiger partial charge in [-0.3, -0.25) is 4.79 Å². The van der Waals surface area contributed by atoms with Crippen molar-refractivity contribution >= 4 is 11.6 Å². The molecule has 0 bridgehead atoms. The van der Waals surface area contributed by atoms with Crippen molar-refractivity contribution in [2.24, 2.45) is 0 Å². The lowest BCUT2D eigenvalue weighted by Gasteiger charge is -2.41. The fourth-order valence-corrected chi connectivity index (χ4v) is 4.28. The first-order valence-corrected chi connectivity index (χ1v) is 10.9. The maximum atomic E-state index is 13.1. The van der Waals surface area contributed by atoms with E-state index in [-0.39, 0.29) is 11.9 Å². The molecule has 0 saturated carbocycles. The molecule has 1 fully saturated rings. The van der Waals surface area contributed by atoms with Crippen LogP contribution in [-0.2, 0) is 6.42 Å². The molecule has 1 aliphatic heterocycles. The van der Waals surface area contributed by atoms with E-state index in [0.29, 0.717) is 31.0 Å². The minimum atomic E-state index is -0.0652. The number of carbonyl (C=O) groups excluding carboxylic acids is 1. The van der Waals surface area contributed by atoms with Crippen molar-refractivity contribution in [1.29, 1.82) is 0 Å². The van der Waals surface area contributed by atoms with E-state index in [1.165, 1.54) is 11.3 Å². The molecule has 1 saturated heterocycles. The quantitative estimate of drug-likeness (QED) is 0.570. The van der Waals surface area contributed by atoms with Gasteiger partial charge in [0.1, 0.15) is 17.3 Å². The summed E-state index contributed by atoms with van der Waals surface area (Å²) >= 11 is 0. The average molecular weight is 435 g/mol. The number of nitrogens with zero attached hydrogens (tertiary/aromatic N) is 2. The number of aryl methyl sites for hydroxylation is 1. The third-order valence-electron chi connectivity index (χ3n) is 5.97.